The monoisotopic (exact) mass is 108 g/mol. The molecule has 0 saturated heterocycles. The normalized spacial score (nSPS) is 11.0. The molecule has 4 heteroatoms. The van der Waals surface area contributed by atoms with Gasteiger partial charge in [0.25, 0.3) is 0 Å². The SMILES string of the molecule is [B]B=S(#B)CCC. The third-order valence-corrected chi connectivity index (χ3v) is 1.84. The van der Waals surface area contributed by atoms with E-state index >= 15 is 0 Å². The molecule has 34 valence electrons. The van der Waals surface area contributed by atoms with Crippen molar-refractivity contribution in [3.05, 3.63) is 0 Å². The van der Waals surface area contributed by atoms with Gasteiger partial charge < -0.3 is 0 Å². The Balaban J connectivity index is 3.47. The second kappa shape index (κ2) is 4.57. The Bertz CT molecular complexity index is 143. The van der Waals surface area contributed by atoms with Crippen LogP contribution in [-0.2, 0) is 0 Å². The van der Waals surface area contributed by atoms with Crippen LogP contribution in [0, 0.1) is 0 Å². The minimum absolute atomic E-state index is 0.124. The summed E-state index contributed by atoms with van der Waals surface area (Å²) in [6.07, 6.45) is 1.12. The maximum atomic E-state index is 5.43. The average Bonchev–Trinajstić information content (AvgIpc) is 1.68. The molecule has 0 bridgehead atoms. The Morgan fingerprint density at radius 3 is 2.43 bits per heavy atom. The first-order chi connectivity index (χ1) is 3.31. The quantitative estimate of drug-likeness (QED) is 0.427. The zero-order chi connectivity index (χ0) is 5.70. The fourth-order valence-electron chi connectivity index (χ4n) is 0.304. The van der Waals surface area contributed by atoms with Gasteiger partial charge in [-0.25, -0.2) is 0 Å². The van der Waals surface area contributed by atoms with Crippen LogP contribution in [0.5, 0.6) is 0 Å². The predicted octanol–water partition coefficient (Wildman–Crippen LogP) is 0.451. The summed E-state index contributed by atoms with van der Waals surface area (Å²) < 4.78 is 0. The average molecular weight is 108 g/mol. The molecule has 0 fully saturated rings. The van der Waals surface area contributed by atoms with Crippen LogP contribution in [-0.4, -0.2) is 26.1 Å². The van der Waals surface area contributed by atoms with Crippen LogP contribution in [0.2, 0.25) is 0 Å². The van der Waals surface area contributed by atoms with Crippen molar-refractivity contribution in [1.82, 2.24) is 0 Å². The van der Waals surface area contributed by atoms with Gasteiger partial charge in [0.05, 0.1) is 0 Å². The van der Waals surface area contributed by atoms with Gasteiger partial charge in [-0.1, -0.05) is 0 Å². The van der Waals surface area contributed by atoms with Crippen molar-refractivity contribution in [2.75, 3.05) is 5.75 Å². The molecule has 0 atom stereocenters. The first-order valence-corrected chi connectivity index (χ1v) is 3.82. The van der Waals surface area contributed by atoms with Gasteiger partial charge in [0.1, 0.15) is 0 Å². The fourth-order valence-corrected chi connectivity index (χ4v) is 0.911. The molecular formula is C3H7B3S. The van der Waals surface area contributed by atoms with Crippen molar-refractivity contribution in [3.8, 4) is 0 Å². The maximum absolute atomic E-state index is 5.43. The van der Waals surface area contributed by atoms with Crippen LogP contribution in [0.15, 0.2) is 0 Å². The summed E-state index contributed by atoms with van der Waals surface area (Å²) in [7, 11) is 5.00. The predicted molar refractivity (Wildman–Crippen MR) is 40.0 cm³/mol. The molecular weight excluding hydrogens is 101 g/mol. The molecule has 0 N–H and O–H groups in total. The van der Waals surface area contributed by atoms with Gasteiger partial charge in [-0.3, -0.25) is 0 Å². The Morgan fingerprint density at radius 2 is 2.29 bits per heavy atom. The van der Waals surface area contributed by atoms with Crippen LogP contribution in [0.3, 0.4) is 0 Å². The summed E-state index contributed by atoms with van der Waals surface area (Å²) in [4.78, 5) is 0. The van der Waals surface area contributed by atoms with Crippen molar-refractivity contribution < 1.29 is 0 Å². The molecule has 0 rings (SSSR count). The molecule has 0 nitrogen and oxygen atoms in total. The van der Waals surface area contributed by atoms with E-state index in [1.165, 1.54) is 0 Å². The molecule has 2 radical (unpaired) electrons. The van der Waals surface area contributed by atoms with Crippen molar-refractivity contribution >= 4 is 29.9 Å². The van der Waals surface area contributed by atoms with Gasteiger partial charge in [0.2, 0.25) is 0 Å². The summed E-state index contributed by atoms with van der Waals surface area (Å²) >= 11 is 0. The van der Waals surface area contributed by atoms with Gasteiger partial charge in [0.15, 0.2) is 0 Å². The van der Waals surface area contributed by atoms with Gasteiger partial charge in [-0.15, -0.1) is 0 Å². The zero-order valence-electron chi connectivity index (χ0n) is 4.55. The molecule has 7 heavy (non-hydrogen) atoms. The molecule has 0 unspecified atom stereocenters. The summed E-state index contributed by atoms with van der Waals surface area (Å²) in [5.74, 6) is 1.02. The Kier molecular flexibility index (Phi) is 4.84. The first-order valence-electron chi connectivity index (χ1n) is 2.30. The van der Waals surface area contributed by atoms with Gasteiger partial charge in [-0.05, 0) is 0 Å². The third-order valence-electron chi connectivity index (χ3n) is 0.615. The fraction of sp³-hybridized carbons (Fsp3) is 1.00. The second-order valence-corrected chi connectivity index (χ2v) is 2.93. The van der Waals surface area contributed by atoms with E-state index in [4.69, 9.17) is 14.3 Å². The summed E-state index contributed by atoms with van der Waals surface area (Å²) in [5.41, 5.74) is 0. The molecule has 0 heterocycles. The summed E-state index contributed by atoms with van der Waals surface area (Å²) in [6, 6.07) is 1.56. The number of hydrogen-bond donors (Lipinski definition) is 0. The molecule has 0 aliphatic rings. The Morgan fingerprint density at radius 1 is 1.71 bits per heavy atom. The number of rotatable bonds is 1. The van der Waals surface area contributed by atoms with E-state index in [-0.39, 0.29) is 9.56 Å². The zero-order valence-corrected chi connectivity index (χ0v) is 5.37. The topological polar surface area (TPSA) is 0 Å². The minimum atomic E-state index is -0.124. The molecule has 0 saturated carbocycles. The molecule has 0 aromatic heterocycles. The standard InChI is InChI=1S/C3H7B3S/c1-2-3-7(5)6-4/h2-3H2,1H3. The van der Waals surface area contributed by atoms with Gasteiger partial charge in [-0.2, -0.15) is 0 Å². The summed E-state index contributed by atoms with van der Waals surface area (Å²) in [6.45, 7) is 7.52. The molecule has 0 spiro atoms. The third kappa shape index (κ3) is 4.26. The van der Waals surface area contributed by atoms with Crippen LogP contribution in [0.4, 0.5) is 0 Å². The van der Waals surface area contributed by atoms with Gasteiger partial charge >= 0.3 is 49.0 Å². The van der Waals surface area contributed by atoms with Crippen molar-refractivity contribution in [3.63, 3.8) is 0 Å². The second-order valence-electron chi connectivity index (χ2n) is 1.31. The molecule has 0 aromatic carbocycles. The summed E-state index contributed by atoms with van der Waals surface area (Å²) in [5, 5.41) is 0. The van der Waals surface area contributed by atoms with E-state index in [1.807, 2.05) is 0 Å². The van der Waals surface area contributed by atoms with E-state index < -0.39 is 0 Å². The van der Waals surface area contributed by atoms with Crippen LogP contribution in [0.25, 0.3) is 0 Å². The molecule has 0 aliphatic heterocycles. The Labute approximate surface area is 49.6 Å². The van der Waals surface area contributed by atoms with Gasteiger partial charge in [0, 0.05) is 0 Å². The van der Waals surface area contributed by atoms with Crippen LogP contribution >= 0.6 is 9.56 Å². The van der Waals surface area contributed by atoms with E-state index in [9.17, 15) is 0 Å². The molecule has 0 aromatic rings. The molecule has 0 aliphatic carbocycles. The molecule has 0 amide bonds. The van der Waals surface area contributed by atoms with Crippen molar-refractivity contribution in [2.24, 2.45) is 0 Å². The van der Waals surface area contributed by atoms with Crippen molar-refractivity contribution in [2.45, 2.75) is 13.3 Å². The number of hydrogen-bond acceptors (Lipinski definition) is 0. The van der Waals surface area contributed by atoms with E-state index in [1.54, 1.807) is 6.05 Å². The van der Waals surface area contributed by atoms with E-state index in [0.717, 1.165) is 12.2 Å². The Hall–Kier alpha value is 0.415. The first kappa shape index (κ1) is 7.41. The van der Waals surface area contributed by atoms with Crippen LogP contribution < -0.4 is 0 Å². The van der Waals surface area contributed by atoms with Crippen LogP contribution in [0.1, 0.15) is 13.3 Å². The van der Waals surface area contributed by atoms with E-state index in [2.05, 4.69) is 6.92 Å². The van der Waals surface area contributed by atoms with Crippen molar-refractivity contribution in [1.29, 1.82) is 0 Å². The van der Waals surface area contributed by atoms with E-state index in [0.29, 0.717) is 0 Å².